The van der Waals surface area contributed by atoms with E-state index in [-0.39, 0.29) is 6.10 Å². The van der Waals surface area contributed by atoms with E-state index in [9.17, 15) is 9.18 Å². The molecule has 1 aliphatic carbocycles. The quantitative estimate of drug-likeness (QED) is 0.857. The molecule has 2 rings (SSSR count). The summed E-state index contributed by atoms with van der Waals surface area (Å²) in [5, 5.41) is 2.58. The van der Waals surface area contributed by atoms with Crippen molar-refractivity contribution in [2.45, 2.75) is 64.0 Å². The van der Waals surface area contributed by atoms with Crippen molar-refractivity contribution in [1.29, 1.82) is 0 Å². The molecule has 1 N–H and O–H groups in total. The number of carbonyl (C=O) groups excluding carboxylic acids is 1. The summed E-state index contributed by atoms with van der Waals surface area (Å²) in [6, 6.07) is 0. The van der Waals surface area contributed by atoms with Crippen LogP contribution < -0.4 is 5.32 Å². The zero-order chi connectivity index (χ0) is 14.1. The Morgan fingerprint density at radius 2 is 2.05 bits per heavy atom. The Bertz CT molecular complexity index is 332. The first-order valence-corrected chi connectivity index (χ1v) is 7.10. The van der Waals surface area contributed by atoms with Crippen molar-refractivity contribution >= 4 is 5.91 Å². The number of halogens is 1. The van der Waals surface area contributed by atoms with Gasteiger partial charge in [-0.25, -0.2) is 4.39 Å². The van der Waals surface area contributed by atoms with Crippen LogP contribution in [0.3, 0.4) is 0 Å². The maximum absolute atomic E-state index is 13.4. The molecule has 1 aliphatic heterocycles. The second-order valence-corrected chi connectivity index (χ2v) is 6.33. The van der Waals surface area contributed by atoms with Gasteiger partial charge in [-0.3, -0.25) is 4.79 Å². The van der Waals surface area contributed by atoms with Crippen LogP contribution >= 0.6 is 0 Å². The lowest BCUT2D eigenvalue weighted by Crippen LogP contribution is -2.43. The number of ether oxygens (including phenoxy) is 2. The molecule has 0 radical (unpaired) electrons. The third-order valence-electron chi connectivity index (χ3n) is 3.98. The molecule has 1 saturated carbocycles. The summed E-state index contributed by atoms with van der Waals surface area (Å²) in [6.07, 6.45) is 3.87. The number of rotatable bonds is 3. The molecule has 5 heteroatoms. The Morgan fingerprint density at radius 3 is 2.63 bits per heavy atom. The molecule has 0 bridgehead atoms. The van der Waals surface area contributed by atoms with Gasteiger partial charge in [-0.1, -0.05) is 6.92 Å². The summed E-state index contributed by atoms with van der Waals surface area (Å²) < 4.78 is 25.1. The van der Waals surface area contributed by atoms with Crippen molar-refractivity contribution in [1.82, 2.24) is 5.32 Å². The molecular weight excluding hydrogens is 249 g/mol. The molecule has 1 spiro atoms. The Morgan fingerprint density at radius 1 is 1.42 bits per heavy atom. The summed E-state index contributed by atoms with van der Waals surface area (Å²) in [6.45, 7) is 5.52. The van der Waals surface area contributed by atoms with Gasteiger partial charge in [-0.15, -0.1) is 0 Å². The topological polar surface area (TPSA) is 47.6 Å². The van der Waals surface area contributed by atoms with Crippen LogP contribution in [0.1, 0.15) is 46.5 Å². The third-order valence-corrected chi connectivity index (χ3v) is 3.98. The minimum Gasteiger partial charge on any atom is -0.351 e. The standard InChI is InChI=1S/C14H24FNO3/c1-10-4-6-14(7-5-10)18-9-11(19-14)8-16-12(17)13(2,3)15/h10-11H,4-9H2,1-3H3,(H,16,17). The number of hydrogen-bond acceptors (Lipinski definition) is 3. The van der Waals surface area contributed by atoms with E-state index in [2.05, 4.69) is 12.2 Å². The van der Waals surface area contributed by atoms with E-state index in [1.165, 1.54) is 13.8 Å². The predicted octanol–water partition coefficient (Wildman–Crippen LogP) is 2.17. The largest absolute Gasteiger partial charge is 0.351 e. The van der Waals surface area contributed by atoms with Gasteiger partial charge in [-0.05, 0) is 32.6 Å². The SMILES string of the molecule is CC1CCC2(CC1)OCC(CNC(=O)C(C)(C)F)O2. The Labute approximate surface area is 114 Å². The van der Waals surface area contributed by atoms with E-state index in [0.717, 1.165) is 31.6 Å². The van der Waals surface area contributed by atoms with Crippen LogP contribution in [0.25, 0.3) is 0 Å². The molecule has 1 amide bonds. The predicted molar refractivity (Wildman–Crippen MR) is 69.4 cm³/mol. The van der Waals surface area contributed by atoms with Crippen molar-refractivity contribution in [2.24, 2.45) is 5.92 Å². The second-order valence-electron chi connectivity index (χ2n) is 6.33. The minimum absolute atomic E-state index is 0.167. The summed E-state index contributed by atoms with van der Waals surface area (Å²) in [4.78, 5) is 11.4. The van der Waals surface area contributed by atoms with Crippen LogP contribution in [0.4, 0.5) is 4.39 Å². The number of carbonyl (C=O) groups is 1. The molecule has 1 unspecified atom stereocenters. The van der Waals surface area contributed by atoms with Gasteiger partial charge in [0.15, 0.2) is 11.5 Å². The maximum atomic E-state index is 13.4. The molecule has 19 heavy (non-hydrogen) atoms. The van der Waals surface area contributed by atoms with E-state index < -0.39 is 17.4 Å². The van der Waals surface area contributed by atoms with E-state index in [4.69, 9.17) is 9.47 Å². The van der Waals surface area contributed by atoms with E-state index >= 15 is 0 Å². The van der Waals surface area contributed by atoms with Gasteiger partial charge in [0, 0.05) is 19.4 Å². The molecule has 2 fully saturated rings. The molecule has 110 valence electrons. The van der Waals surface area contributed by atoms with Crippen LogP contribution in [0.15, 0.2) is 0 Å². The average molecular weight is 273 g/mol. The van der Waals surface area contributed by atoms with Crippen molar-refractivity contribution in [3.05, 3.63) is 0 Å². The van der Waals surface area contributed by atoms with E-state index in [0.29, 0.717) is 13.2 Å². The molecule has 0 aromatic rings. The lowest BCUT2D eigenvalue weighted by Gasteiger charge is -2.34. The van der Waals surface area contributed by atoms with Gasteiger partial charge in [0.25, 0.3) is 5.91 Å². The molecule has 1 heterocycles. The smallest absolute Gasteiger partial charge is 0.257 e. The Kier molecular flexibility index (Phi) is 4.16. The minimum atomic E-state index is -1.85. The first-order chi connectivity index (χ1) is 8.81. The highest BCUT2D eigenvalue weighted by molar-refractivity contribution is 5.84. The number of nitrogens with one attached hydrogen (secondary N) is 1. The fourth-order valence-electron chi connectivity index (χ4n) is 2.60. The molecule has 2 aliphatic rings. The van der Waals surface area contributed by atoms with Gasteiger partial charge in [0.1, 0.15) is 6.10 Å². The summed E-state index contributed by atoms with van der Waals surface area (Å²) in [5.41, 5.74) is -1.85. The van der Waals surface area contributed by atoms with Crippen molar-refractivity contribution in [3.8, 4) is 0 Å². The molecular formula is C14H24FNO3. The van der Waals surface area contributed by atoms with Crippen molar-refractivity contribution < 1.29 is 18.7 Å². The summed E-state index contributed by atoms with van der Waals surface area (Å²) in [5.74, 6) is -0.328. The Balaban J connectivity index is 1.78. The molecule has 1 saturated heterocycles. The maximum Gasteiger partial charge on any atom is 0.257 e. The average Bonchev–Trinajstić information content (AvgIpc) is 2.73. The van der Waals surface area contributed by atoms with Crippen molar-refractivity contribution in [2.75, 3.05) is 13.2 Å². The first-order valence-electron chi connectivity index (χ1n) is 7.10. The zero-order valence-electron chi connectivity index (χ0n) is 12.0. The second kappa shape index (κ2) is 5.37. The van der Waals surface area contributed by atoms with E-state index in [1.807, 2.05) is 0 Å². The lowest BCUT2D eigenvalue weighted by molar-refractivity contribution is -0.191. The molecule has 0 aromatic heterocycles. The first kappa shape index (κ1) is 14.7. The van der Waals surface area contributed by atoms with Crippen molar-refractivity contribution in [3.63, 3.8) is 0 Å². The van der Waals surface area contributed by atoms with E-state index in [1.54, 1.807) is 0 Å². The zero-order valence-corrected chi connectivity index (χ0v) is 12.0. The highest BCUT2D eigenvalue weighted by Crippen LogP contribution is 2.39. The van der Waals surface area contributed by atoms with Crippen LogP contribution in [0, 0.1) is 5.92 Å². The normalized spacial score (nSPS) is 35.6. The summed E-state index contributed by atoms with van der Waals surface area (Å²) >= 11 is 0. The molecule has 0 aromatic carbocycles. The number of amides is 1. The molecule has 4 nitrogen and oxygen atoms in total. The number of alkyl halides is 1. The van der Waals surface area contributed by atoms with Gasteiger partial charge in [-0.2, -0.15) is 0 Å². The highest BCUT2D eigenvalue weighted by Gasteiger charge is 2.43. The van der Waals surface area contributed by atoms with Crippen LogP contribution in [-0.4, -0.2) is 36.6 Å². The monoisotopic (exact) mass is 273 g/mol. The highest BCUT2D eigenvalue weighted by atomic mass is 19.1. The fraction of sp³-hybridized carbons (Fsp3) is 0.929. The van der Waals surface area contributed by atoms with Crippen LogP contribution in [0.2, 0.25) is 0 Å². The van der Waals surface area contributed by atoms with Gasteiger partial charge >= 0.3 is 0 Å². The summed E-state index contributed by atoms with van der Waals surface area (Å²) in [7, 11) is 0. The van der Waals surface area contributed by atoms with Gasteiger partial charge < -0.3 is 14.8 Å². The van der Waals surface area contributed by atoms with Crippen LogP contribution in [0.5, 0.6) is 0 Å². The van der Waals surface area contributed by atoms with Gasteiger partial charge in [0.2, 0.25) is 0 Å². The fourth-order valence-corrected chi connectivity index (χ4v) is 2.60. The van der Waals surface area contributed by atoms with Crippen LogP contribution in [-0.2, 0) is 14.3 Å². The lowest BCUT2D eigenvalue weighted by atomic mass is 9.86. The molecule has 1 atom stereocenters. The number of hydrogen-bond donors (Lipinski definition) is 1. The third kappa shape index (κ3) is 3.66. The Hall–Kier alpha value is -0.680. The van der Waals surface area contributed by atoms with Gasteiger partial charge in [0.05, 0.1) is 6.61 Å².